The number of hydrogen-bond donors (Lipinski definition) is 2. The molecule has 0 aliphatic carbocycles. The van der Waals surface area contributed by atoms with E-state index in [-0.39, 0.29) is 12.5 Å². The summed E-state index contributed by atoms with van der Waals surface area (Å²) in [5.41, 5.74) is 0.859. The summed E-state index contributed by atoms with van der Waals surface area (Å²) < 4.78 is 2.03. The molecule has 0 radical (unpaired) electrons. The van der Waals surface area contributed by atoms with Gasteiger partial charge in [-0.3, -0.25) is 19.4 Å². The first-order valence-electron chi connectivity index (χ1n) is 8.77. The highest BCUT2D eigenvalue weighted by Gasteiger charge is 2.25. The number of aromatic nitrogens is 3. The van der Waals surface area contributed by atoms with Crippen molar-refractivity contribution in [2.75, 3.05) is 26.2 Å². The third-order valence-corrected chi connectivity index (χ3v) is 4.45. The Morgan fingerprint density at radius 3 is 2.80 bits per heavy atom. The minimum absolute atomic E-state index is 0.243. The second-order valence-electron chi connectivity index (χ2n) is 6.34. The van der Waals surface area contributed by atoms with Crippen LogP contribution in [0.3, 0.4) is 0 Å². The number of carbonyl (C=O) groups is 2. The van der Waals surface area contributed by atoms with Crippen LogP contribution in [0.25, 0.3) is 5.65 Å². The molecule has 25 heavy (non-hydrogen) atoms. The summed E-state index contributed by atoms with van der Waals surface area (Å²) in [4.78, 5) is 25.5. The van der Waals surface area contributed by atoms with Crippen LogP contribution in [0, 0.1) is 0 Å². The Morgan fingerprint density at radius 1 is 1.24 bits per heavy atom. The van der Waals surface area contributed by atoms with Gasteiger partial charge < -0.3 is 5.32 Å². The molecule has 1 aliphatic rings. The number of rotatable bonds is 5. The number of hydrogen-bond acceptors (Lipinski definition) is 5. The molecule has 1 saturated heterocycles. The molecule has 2 N–H and O–H groups in total. The van der Waals surface area contributed by atoms with E-state index in [0.717, 1.165) is 43.8 Å². The SMILES string of the molecule is CCCNC(=O)NC(=O)CN1CCC(c2nnc3ccccn23)CC1. The van der Waals surface area contributed by atoms with E-state index in [0.29, 0.717) is 12.5 Å². The molecule has 3 heterocycles. The first kappa shape index (κ1) is 17.3. The quantitative estimate of drug-likeness (QED) is 0.849. The fraction of sp³-hybridized carbons (Fsp3) is 0.529. The van der Waals surface area contributed by atoms with Crippen molar-refractivity contribution in [2.45, 2.75) is 32.1 Å². The van der Waals surface area contributed by atoms with Gasteiger partial charge in [-0.05, 0) is 44.5 Å². The van der Waals surface area contributed by atoms with Crippen LogP contribution in [-0.2, 0) is 4.79 Å². The summed E-state index contributed by atoms with van der Waals surface area (Å²) in [6, 6.07) is 5.45. The molecule has 1 aliphatic heterocycles. The first-order chi connectivity index (χ1) is 12.2. The summed E-state index contributed by atoms with van der Waals surface area (Å²) in [7, 11) is 0. The number of likely N-dealkylation sites (tertiary alicyclic amines) is 1. The zero-order valence-corrected chi connectivity index (χ0v) is 14.4. The first-order valence-corrected chi connectivity index (χ1v) is 8.77. The van der Waals surface area contributed by atoms with Crippen molar-refractivity contribution in [2.24, 2.45) is 0 Å². The molecule has 0 aromatic carbocycles. The lowest BCUT2D eigenvalue weighted by molar-refractivity contribution is -0.121. The Bertz CT molecular complexity index is 736. The second-order valence-corrected chi connectivity index (χ2v) is 6.34. The average molecular weight is 344 g/mol. The minimum atomic E-state index is -0.420. The Labute approximate surface area is 146 Å². The summed E-state index contributed by atoms with van der Waals surface area (Å²) >= 11 is 0. The van der Waals surface area contributed by atoms with Gasteiger partial charge in [0.15, 0.2) is 5.65 Å². The molecule has 0 spiro atoms. The predicted octanol–water partition coefficient (Wildman–Crippen LogP) is 1.14. The van der Waals surface area contributed by atoms with Gasteiger partial charge in [0.05, 0.1) is 6.54 Å². The lowest BCUT2D eigenvalue weighted by Gasteiger charge is -2.30. The van der Waals surface area contributed by atoms with Gasteiger partial charge in [-0.15, -0.1) is 10.2 Å². The highest BCUT2D eigenvalue weighted by atomic mass is 16.2. The molecule has 8 nitrogen and oxygen atoms in total. The molecule has 2 aromatic rings. The maximum atomic E-state index is 11.9. The number of pyridine rings is 1. The molecule has 0 saturated carbocycles. The number of amides is 3. The Balaban J connectivity index is 1.49. The van der Waals surface area contributed by atoms with Crippen LogP contribution in [0.2, 0.25) is 0 Å². The van der Waals surface area contributed by atoms with E-state index in [1.165, 1.54) is 0 Å². The lowest BCUT2D eigenvalue weighted by atomic mass is 9.96. The predicted molar refractivity (Wildman–Crippen MR) is 93.2 cm³/mol. The van der Waals surface area contributed by atoms with E-state index in [2.05, 4.69) is 25.7 Å². The summed E-state index contributed by atoms with van der Waals surface area (Å²) in [6.45, 7) is 4.38. The number of imide groups is 1. The highest BCUT2D eigenvalue weighted by Crippen LogP contribution is 2.26. The Morgan fingerprint density at radius 2 is 2.04 bits per heavy atom. The van der Waals surface area contributed by atoms with Crippen molar-refractivity contribution in [1.82, 2.24) is 30.1 Å². The molecular formula is C17H24N6O2. The van der Waals surface area contributed by atoms with Crippen molar-refractivity contribution < 1.29 is 9.59 Å². The van der Waals surface area contributed by atoms with Crippen LogP contribution in [0.4, 0.5) is 4.79 Å². The smallest absolute Gasteiger partial charge is 0.321 e. The molecule has 8 heteroatoms. The average Bonchev–Trinajstić information content (AvgIpc) is 3.04. The number of nitrogens with one attached hydrogen (secondary N) is 2. The second kappa shape index (κ2) is 8.06. The molecule has 0 bridgehead atoms. The Kier molecular flexibility index (Phi) is 5.60. The van der Waals surface area contributed by atoms with Crippen molar-refractivity contribution in [1.29, 1.82) is 0 Å². The fourth-order valence-electron chi connectivity index (χ4n) is 3.14. The summed E-state index contributed by atoms with van der Waals surface area (Å²) in [5.74, 6) is 1.06. The van der Waals surface area contributed by atoms with Crippen LogP contribution >= 0.6 is 0 Å². The van der Waals surface area contributed by atoms with E-state index in [1.54, 1.807) is 0 Å². The zero-order chi connectivity index (χ0) is 17.6. The van der Waals surface area contributed by atoms with Crippen LogP contribution in [0.5, 0.6) is 0 Å². The van der Waals surface area contributed by atoms with Gasteiger partial charge in [-0.25, -0.2) is 4.79 Å². The fourth-order valence-corrected chi connectivity index (χ4v) is 3.14. The minimum Gasteiger partial charge on any atom is -0.338 e. The number of piperidine rings is 1. The number of nitrogens with zero attached hydrogens (tertiary/aromatic N) is 4. The molecule has 134 valence electrons. The van der Waals surface area contributed by atoms with E-state index in [1.807, 2.05) is 35.7 Å². The number of carbonyl (C=O) groups excluding carboxylic acids is 2. The maximum Gasteiger partial charge on any atom is 0.321 e. The topological polar surface area (TPSA) is 91.6 Å². The molecule has 2 aromatic heterocycles. The summed E-state index contributed by atoms with van der Waals surface area (Å²) in [6.07, 6.45) is 4.67. The standard InChI is InChI=1S/C17H24N6O2/c1-2-8-18-17(25)19-15(24)12-22-10-6-13(7-11-22)16-21-20-14-5-3-4-9-23(14)16/h3-5,9,13H,2,6-8,10-12H2,1H3,(H2,18,19,24,25). The van der Waals surface area contributed by atoms with Crippen molar-refractivity contribution >= 4 is 17.6 Å². The summed E-state index contributed by atoms with van der Waals surface area (Å²) in [5, 5.41) is 13.5. The highest BCUT2D eigenvalue weighted by molar-refractivity contribution is 5.95. The number of urea groups is 1. The zero-order valence-electron chi connectivity index (χ0n) is 14.4. The van der Waals surface area contributed by atoms with E-state index in [9.17, 15) is 9.59 Å². The molecule has 3 amide bonds. The maximum absolute atomic E-state index is 11.9. The van der Waals surface area contributed by atoms with Crippen molar-refractivity contribution in [3.8, 4) is 0 Å². The van der Waals surface area contributed by atoms with Crippen molar-refractivity contribution in [3.05, 3.63) is 30.2 Å². The van der Waals surface area contributed by atoms with Gasteiger partial charge in [0.2, 0.25) is 5.91 Å². The van der Waals surface area contributed by atoms with Gasteiger partial charge in [-0.1, -0.05) is 13.0 Å². The van der Waals surface area contributed by atoms with Gasteiger partial charge in [0.25, 0.3) is 0 Å². The Hall–Kier alpha value is -2.48. The number of fused-ring (bicyclic) bond motifs is 1. The van der Waals surface area contributed by atoms with Crippen LogP contribution in [-0.4, -0.2) is 57.6 Å². The normalized spacial score (nSPS) is 16.0. The molecular weight excluding hydrogens is 320 g/mol. The monoisotopic (exact) mass is 344 g/mol. The third-order valence-electron chi connectivity index (χ3n) is 4.45. The van der Waals surface area contributed by atoms with Gasteiger partial charge >= 0.3 is 6.03 Å². The van der Waals surface area contributed by atoms with Crippen molar-refractivity contribution in [3.63, 3.8) is 0 Å². The van der Waals surface area contributed by atoms with Crippen LogP contribution < -0.4 is 10.6 Å². The molecule has 1 fully saturated rings. The van der Waals surface area contributed by atoms with E-state index < -0.39 is 6.03 Å². The van der Waals surface area contributed by atoms with E-state index >= 15 is 0 Å². The largest absolute Gasteiger partial charge is 0.338 e. The molecule has 3 rings (SSSR count). The van der Waals surface area contributed by atoms with Crippen LogP contribution in [0.1, 0.15) is 37.9 Å². The van der Waals surface area contributed by atoms with Gasteiger partial charge in [-0.2, -0.15) is 0 Å². The lowest BCUT2D eigenvalue weighted by Crippen LogP contribution is -2.46. The van der Waals surface area contributed by atoms with E-state index in [4.69, 9.17) is 0 Å². The molecule has 0 atom stereocenters. The van der Waals surface area contributed by atoms with Crippen LogP contribution in [0.15, 0.2) is 24.4 Å². The van der Waals surface area contributed by atoms with Gasteiger partial charge in [0, 0.05) is 18.7 Å². The van der Waals surface area contributed by atoms with Gasteiger partial charge in [0.1, 0.15) is 5.82 Å². The molecule has 0 unspecified atom stereocenters. The third kappa shape index (κ3) is 4.33.